The zero-order chi connectivity index (χ0) is 24.4. The van der Waals surface area contributed by atoms with Crippen LogP contribution in [-0.4, -0.2) is 57.9 Å². The number of sulfonamides is 1. The fourth-order valence-electron chi connectivity index (χ4n) is 4.13. The van der Waals surface area contributed by atoms with E-state index < -0.39 is 61.9 Å². The van der Waals surface area contributed by atoms with E-state index in [0.29, 0.717) is 18.9 Å². The molecular weight excluding hydrogens is 481 g/mol. The number of benzene rings is 1. The number of hydrogen-bond donors (Lipinski definition) is 1. The highest BCUT2D eigenvalue weighted by Crippen LogP contribution is 2.34. The Hall–Kier alpha value is -2.80. The maximum absolute atomic E-state index is 14.8. The molecule has 1 aliphatic carbocycles. The summed E-state index contributed by atoms with van der Waals surface area (Å²) in [4.78, 5) is 3.96. The van der Waals surface area contributed by atoms with E-state index in [-0.39, 0.29) is 36.7 Å². The van der Waals surface area contributed by atoms with Crippen LogP contribution in [0.1, 0.15) is 24.8 Å². The molecule has 3 heterocycles. The van der Waals surface area contributed by atoms with Gasteiger partial charge in [0.05, 0.1) is 28.7 Å². The van der Waals surface area contributed by atoms with Gasteiger partial charge in [0, 0.05) is 30.8 Å². The monoisotopic (exact) mass is 501 g/mol. The highest BCUT2D eigenvalue weighted by molar-refractivity contribution is 7.90. The Morgan fingerprint density at radius 1 is 1.06 bits per heavy atom. The Morgan fingerprint density at radius 3 is 2.47 bits per heavy atom. The van der Waals surface area contributed by atoms with Gasteiger partial charge in [-0.05, 0) is 26.2 Å². The van der Waals surface area contributed by atoms with Crippen molar-refractivity contribution < 1.29 is 30.4 Å². The molecule has 182 valence electrons. The Kier molecular flexibility index (Phi) is 5.51. The number of aromatic nitrogens is 3. The van der Waals surface area contributed by atoms with Crippen LogP contribution in [-0.2, 0) is 10.0 Å². The summed E-state index contributed by atoms with van der Waals surface area (Å²) in [6.07, 6.45) is 0.811. The summed E-state index contributed by atoms with van der Waals surface area (Å²) in [6, 6.07) is 0.530. The standard InChI is InChI=1S/C21H20F5N5O2S/c1-10-12(22)6-14(24)19(20(10)26)17-7-13(23)18-8-27-21(29-31(17)18)28-16-4-5-30(9-15(16)25)34(32,33)11-2-3-11/h6-8,11,15-16H,2-5,9H2,1H3,(H,28,29)/t15-,16-/m1/s1. The van der Waals surface area contributed by atoms with E-state index >= 15 is 0 Å². The molecule has 7 nitrogen and oxygen atoms in total. The minimum atomic E-state index is -3.50. The molecule has 1 saturated heterocycles. The predicted molar refractivity (Wildman–Crippen MR) is 113 cm³/mol. The number of piperidine rings is 1. The van der Waals surface area contributed by atoms with Gasteiger partial charge in [-0.3, -0.25) is 0 Å². The second-order valence-electron chi connectivity index (χ2n) is 8.57. The van der Waals surface area contributed by atoms with Crippen molar-refractivity contribution in [3.05, 3.63) is 47.2 Å². The Labute approximate surface area is 191 Å². The van der Waals surface area contributed by atoms with Crippen molar-refractivity contribution in [2.24, 2.45) is 0 Å². The molecule has 2 fully saturated rings. The normalized spacial score (nSPS) is 21.8. The van der Waals surface area contributed by atoms with Crippen molar-refractivity contribution in [2.45, 2.75) is 43.6 Å². The number of anilines is 1. The minimum absolute atomic E-state index is 0.119. The average molecular weight is 501 g/mol. The van der Waals surface area contributed by atoms with Crippen LogP contribution >= 0.6 is 0 Å². The second-order valence-corrected chi connectivity index (χ2v) is 10.8. The maximum atomic E-state index is 14.8. The van der Waals surface area contributed by atoms with Crippen molar-refractivity contribution in [3.8, 4) is 11.3 Å². The summed E-state index contributed by atoms with van der Waals surface area (Å²) >= 11 is 0. The molecule has 0 radical (unpaired) electrons. The fourth-order valence-corrected chi connectivity index (χ4v) is 6.00. The molecule has 2 aromatic heterocycles. The number of nitrogens with one attached hydrogen (secondary N) is 1. The van der Waals surface area contributed by atoms with E-state index in [1.54, 1.807) is 0 Å². The van der Waals surface area contributed by atoms with E-state index in [1.807, 2.05) is 0 Å². The highest BCUT2D eigenvalue weighted by atomic mass is 32.2. The molecule has 2 atom stereocenters. The lowest BCUT2D eigenvalue weighted by atomic mass is 10.1. The second kappa shape index (κ2) is 8.15. The Balaban J connectivity index is 1.44. The summed E-state index contributed by atoms with van der Waals surface area (Å²) < 4.78 is 98.9. The first-order valence-corrected chi connectivity index (χ1v) is 12.2. The van der Waals surface area contributed by atoms with E-state index in [4.69, 9.17) is 0 Å². The lowest BCUT2D eigenvalue weighted by Crippen LogP contribution is -2.50. The van der Waals surface area contributed by atoms with E-state index in [1.165, 1.54) is 0 Å². The zero-order valence-corrected chi connectivity index (χ0v) is 18.7. The predicted octanol–water partition coefficient (Wildman–Crippen LogP) is 3.58. The van der Waals surface area contributed by atoms with Gasteiger partial charge < -0.3 is 5.32 Å². The molecule has 5 rings (SSSR count). The molecule has 1 aromatic carbocycles. The van der Waals surface area contributed by atoms with Gasteiger partial charge in [-0.2, -0.15) is 4.31 Å². The summed E-state index contributed by atoms with van der Waals surface area (Å²) in [5.74, 6) is -4.51. The Bertz CT molecular complexity index is 1390. The largest absolute Gasteiger partial charge is 0.347 e. The van der Waals surface area contributed by atoms with Crippen LogP contribution in [0.5, 0.6) is 0 Å². The van der Waals surface area contributed by atoms with Gasteiger partial charge in [0.1, 0.15) is 29.1 Å². The Morgan fingerprint density at radius 2 is 1.79 bits per heavy atom. The van der Waals surface area contributed by atoms with Crippen LogP contribution in [0.3, 0.4) is 0 Å². The van der Waals surface area contributed by atoms with Crippen LogP contribution in [0.25, 0.3) is 16.8 Å². The quantitative estimate of drug-likeness (QED) is 0.541. The van der Waals surface area contributed by atoms with Crippen LogP contribution in [0.2, 0.25) is 0 Å². The molecule has 0 spiro atoms. The van der Waals surface area contributed by atoms with Crippen molar-refractivity contribution in [1.29, 1.82) is 0 Å². The highest BCUT2D eigenvalue weighted by Gasteiger charge is 2.43. The molecule has 0 bridgehead atoms. The SMILES string of the molecule is Cc1c(F)cc(F)c(-c2cc(F)c3cnc(N[C@@H]4CCN(S(=O)(=O)C5CC5)C[C@H]4F)nn23)c1F. The van der Waals surface area contributed by atoms with Gasteiger partial charge in [0.15, 0.2) is 5.82 Å². The molecule has 1 aliphatic heterocycles. The third-order valence-corrected chi connectivity index (χ3v) is 8.61. The van der Waals surface area contributed by atoms with Gasteiger partial charge in [-0.25, -0.2) is 39.9 Å². The van der Waals surface area contributed by atoms with Gasteiger partial charge in [0.2, 0.25) is 16.0 Å². The number of rotatable bonds is 5. The zero-order valence-electron chi connectivity index (χ0n) is 17.9. The minimum Gasteiger partial charge on any atom is -0.347 e. The van der Waals surface area contributed by atoms with Crippen LogP contribution in [0, 0.1) is 30.2 Å². The smallest absolute Gasteiger partial charge is 0.241 e. The van der Waals surface area contributed by atoms with Crippen molar-refractivity contribution >= 4 is 21.5 Å². The van der Waals surface area contributed by atoms with Crippen LogP contribution < -0.4 is 5.32 Å². The lowest BCUT2D eigenvalue weighted by molar-refractivity contribution is 0.185. The summed E-state index contributed by atoms with van der Waals surface area (Å²) in [6.45, 7) is 0.931. The number of fused-ring (bicyclic) bond motifs is 1. The third kappa shape index (κ3) is 3.80. The molecule has 0 unspecified atom stereocenters. The first-order valence-electron chi connectivity index (χ1n) is 10.7. The van der Waals surface area contributed by atoms with Gasteiger partial charge in [-0.15, -0.1) is 5.10 Å². The van der Waals surface area contributed by atoms with E-state index in [0.717, 1.165) is 28.0 Å². The summed E-state index contributed by atoms with van der Waals surface area (Å²) in [5.41, 5.74) is -1.60. The fraction of sp³-hybridized carbons (Fsp3) is 0.429. The molecule has 34 heavy (non-hydrogen) atoms. The molecular formula is C21H20F5N5O2S. The topological polar surface area (TPSA) is 79.6 Å². The average Bonchev–Trinajstić information content (AvgIpc) is 3.60. The molecule has 1 N–H and O–H groups in total. The number of hydrogen-bond acceptors (Lipinski definition) is 5. The van der Waals surface area contributed by atoms with Gasteiger partial charge in [0.25, 0.3) is 0 Å². The van der Waals surface area contributed by atoms with Crippen LogP contribution in [0.15, 0.2) is 18.3 Å². The molecule has 2 aliphatic rings. The van der Waals surface area contributed by atoms with Crippen LogP contribution in [0.4, 0.5) is 27.9 Å². The number of alkyl halides is 1. The summed E-state index contributed by atoms with van der Waals surface area (Å²) in [7, 11) is -3.50. The lowest BCUT2D eigenvalue weighted by Gasteiger charge is -2.34. The molecule has 0 amide bonds. The first-order chi connectivity index (χ1) is 16.1. The molecule has 1 saturated carbocycles. The van der Waals surface area contributed by atoms with Crippen molar-refractivity contribution in [1.82, 2.24) is 18.9 Å². The van der Waals surface area contributed by atoms with E-state index in [9.17, 15) is 30.4 Å². The number of halogens is 5. The van der Waals surface area contributed by atoms with E-state index in [2.05, 4.69) is 15.4 Å². The maximum Gasteiger partial charge on any atom is 0.241 e. The molecule has 3 aromatic rings. The third-order valence-electron chi connectivity index (χ3n) is 6.25. The van der Waals surface area contributed by atoms with Gasteiger partial charge in [-0.1, -0.05) is 0 Å². The van der Waals surface area contributed by atoms with Crippen molar-refractivity contribution in [2.75, 3.05) is 18.4 Å². The molecule has 13 heteroatoms. The van der Waals surface area contributed by atoms with Crippen molar-refractivity contribution in [3.63, 3.8) is 0 Å². The first kappa shape index (κ1) is 23.0. The van der Waals surface area contributed by atoms with Gasteiger partial charge >= 0.3 is 0 Å². The number of nitrogens with zero attached hydrogens (tertiary/aromatic N) is 4. The summed E-state index contributed by atoms with van der Waals surface area (Å²) in [5, 5.41) is 6.40.